The van der Waals surface area contributed by atoms with E-state index < -0.39 is 0 Å². The van der Waals surface area contributed by atoms with Crippen molar-refractivity contribution in [3.8, 4) is 0 Å². The van der Waals surface area contributed by atoms with Crippen molar-refractivity contribution < 1.29 is 9.47 Å². The highest BCUT2D eigenvalue weighted by Gasteiger charge is 2.08. The Morgan fingerprint density at radius 2 is 1.50 bits per heavy atom. The zero-order chi connectivity index (χ0) is 9.45. The van der Waals surface area contributed by atoms with E-state index in [1.165, 1.54) is 0 Å². The first-order valence-corrected chi connectivity index (χ1v) is 4.72. The van der Waals surface area contributed by atoms with Crippen LogP contribution in [0.15, 0.2) is 0 Å². The van der Waals surface area contributed by atoms with Gasteiger partial charge in [-0.25, -0.2) is 0 Å². The van der Waals surface area contributed by atoms with E-state index in [4.69, 9.17) is 9.47 Å². The summed E-state index contributed by atoms with van der Waals surface area (Å²) < 4.78 is 10.5. The topological polar surface area (TPSA) is 18.5 Å². The lowest BCUT2D eigenvalue weighted by molar-refractivity contribution is 0.0431. The molecule has 2 nitrogen and oxygen atoms in total. The maximum Gasteiger partial charge on any atom is 0.0700 e. The lowest BCUT2D eigenvalue weighted by atomic mass is 9.93. The van der Waals surface area contributed by atoms with Crippen molar-refractivity contribution in [2.45, 2.75) is 34.1 Å². The summed E-state index contributed by atoms with van der Waals surface area (Å²) >= 11 is 0. The maximum atomic E-state index is 5.39. The van der Waals surface area contributed by atoms with Gasteiger partial charge in [-0.05, 0) is 18.8 Å². The van der Waals surface area contributed by atoms with Crippen molar-refractivity contribution in [3.63, 3.8) is 0 Å². The van der Waals surface area contributed by atoms with E-state index in [9.17, 15) is 0 Å². The van der Waals surface area contributed by atoms with Gasteiger partial charge in [-0.15, -0.1) is 0 Å². The molecule has 0 aromatic carbocycles. The summed E-state index contributed by atoms with van der Waals surface area (Å²) in [7, 11) is 0. The molecular formula is C10H22O2. The van der Waals surface area contributed by atoms with Gasteiger partial charge in [0.05, 0.1) is 13.2 Å². The van der Waals surface area contributed by atoms with Crippen LogP contribution in [0.1, 0.15) is 34.1 Å². The summed E-state index contributed by atoms with van der Waals surface area (Å²) in [4.78, 5) is 0. The molecule has 2 heteroatoms. The van der Waals surface area contributed by atoms with E-state index in [0.717, 1.165) is 32.8 Å². The summed E-state index contributed by atoms with van der Waals surface area (Å²) in [6, 6.07) is 0. The summed E-state index contributed by atoms with van der Waals surface area (Å²) in [5, 5.41) is 0. The van der Waals surface area contributed by atoms with Crippen molar-refractivity contribution in [1.29, 1.82) is 0 Å². The summed E-state index contributed by atoms with van der Waals surface area (Å²) in [5.41, 5.74) is 0.381. The zero-order valence-corrected chi connectivity index (χ0v) is 8.85. The van der Waals surface area contributed by atoms with Crippen LogP contribution in [-0.4, -0.2) is 26.4 Å². The van der Waals surface area contributed by atoms with Crippen LogP contribution in [0.4, 0.5) is 0 Å². The average molecular weight is 174 g/mol. The van der Waals surface area contributed by atoms with Crippen molar-refractivity contribution in [1.82, 2.24) is 0 Å². The minimum absolute atomic E-state index is 0.381. The highest BCUT2D eigenvalue weighted by molar-refractivity contribution is 4.59. The van der Waals surface area contributed by atoms with Gasteiger partial charge >= 0.3 is 0 Å². The molecule has 0 heterocycles. The van der Waals surface area contributed by atoms with E-state index in [0.29, 0.717) is 5.41 Å². The van der Waals surface area contributed by atoms with Gasteiger partial charge < -0.3 is 9.47 Å². The molecule has 0 aromatic heterocycles. The second kappa shape index (κ2) is 6.44. The molecule has 0 aliphatic rings. The van der Waals surface area contributed by atoms with Crippen molar-refractivity contribution in [3.05, 3.63) is 0 Å². The lowest BCUT2D eigenvalue weighted by Crippen LogP contribution is -2.11. The maximum absolute atomic E-state index is 5.39. The van der Waals surface area contributed by atoms with Gasteiger partial charge in [0.15, 0.2) is 0 Å². The molecular weight excluding hydrogens is 152 g/mol. The second-order valence-electron chi connectivity index (χ2n) is 4.12. The second-order valence-corrected chi connectivity index (χ2v) is 4.12. The van der Waals surface area contributed by atoms with Crippen LogP contribution in [0.5, 0.6) is 0 Å². The lowest BCUT2D eigenvalue weighted by Gasteiger charge is -2.17. The van der Waals surface area contributed by atoms with E-state index in [2.05, 4.69) is 20.8 Å². The van der Waals surface area contributed by atoms with Crippen molar-refractivity contribution in [2.75, 3.05) is 26.4 Å². The Balaban J connectivity index is 3.01. The Bertz CT molecular complexity index is 94.5. The molecule has 0 radical (unpaired) electrons. The van der Waals surface area contributed by atoms with Crippen LogP contribution in [0, 0.1) is 5.41 Å². The predicted octanol–water partition coefficient (Wildman–Crippen LogP) is 2.48. The minimum atomic E-state index is 0.381. The van der Waals surface area contributed by atoms with Crippen LogP contribution in [-0.2, 0) is 9.47 Å². The van der Waals surface area contributed by atoms with E-state index in [1.807, 2.05) is 6.92 Å². The van der Waals surface area contributed by atoms with Crippen LogP contribution in [0.2, 0.25) is 0 Å². The SMILES string of the molecule is CCOCCOCCC(C)(C)C. The Kier molecular flexibility index (Phi) is 6.39. The van der Waals surface area contributed by atoms with E-state index in [-0.39, 0.29) is 0 Å². The first-order chi connectivity index (χ1) is 5.56. The average Bonchev–Trinajstić information content (AvgIpc) is 1.94. The highest BCUT2D eigenvalue weighted by atomic mass is 16.5. The zero-order valence-electron chi connectivity index (χ0n) is 8.85. The normalized spacial score (nSPS) is 12.0. The highest BCUT2D eigenvalue weighted by Crippen LogP contribution is 2.17. The fraction of sp³-hybridized carbons (Fsp3) is 1.00. The van der Waals surface area contributed by atoms with Crippen LogP contribution in [0.3, 0.4) is 0 Å². The molecule has 0 spiro atoms. The Morgan fingerprint density at radius 3 is 2.00 bits per heavy atom. The van der Waals surface area contributed by atoms with Gasteiger partial charge in [0.25, 0.3) is 0 Å². The van der Waals surface area contributed by atoms with Crippen LogP contribution >= 0.6 is 0 Å². The van der Waals surface area contributed by atoms with Gasteiger partial charge in [0.2, 0.25) is 0 Å². The van der Waals surface area contributed by atoms with Crippen molar-refractivity contribution >= 4 is 0 Å². The molecule has 0 unspecified atom stereocenters. The summed E-state index contributed by atoms with van der Waals surface area (Å²) in [6.45, 7) is 11.7. The van der Waals surface area contributed by atoms with Gasteiger partial charge in [-0.1, -0.05) is 20.8 Å². The molecule has 0 aromatic rings. The predicted molar refractivity (Wildman–Crippen MR) is 51.4 cm³/mol. The summed E-state index contributed by atoms with van der Waals surface area (Å²) in [5.74, 6) is 0. The molecule has 0 atom stereocenters. The quantitative estimate of drug-likeness (QED) is 0.576. The van der Waals surface area contributed by atoms with Gasteiger partial charge in [-0.3, -0.25) is 0 Å². The monoisotopic (exact) mass is 174 g/mol. The standard InChI is InChI=1S/C10H22O2/c1-5-11-8-9-12-7-6-10(2,3)4/h5-9H2,1-4H3. The first-order valence-electron chi connectivity index (χ1n) is 4.72. The van der Waals surface area contributed by atoms with Crippen LogP contribution in [0.25, 0.3) is 0 Å². The summed E-state index contributed by atoms with van der Waals surface area (Å²) in [6.07, 6.45) is 1.11. The number of rotatable bonds is 6. The largest absolute Gasteiger partial charge is 0.379 e. The third-order valence-corrected chi connectivity index (χ3v) is 1.57. The molecule has 0 saturated carbocycles. The Labute approximate surface area is 76.3 Å². The molecule has 0 fully saturated rings. The molecule has 0 aliphatic carbocycles. The third kappa shape index (κ3) is 9.92. The molecule has 0 aliphatic heterocycles. The fourth-order valence-corrected chi connectivity index (χ4v) is 0.743. The number of hydrogen-bond donors (Lipinski definition) is 0. The fourth-order valence-electron chi connectivity index (χ4n) is 0.743. The molecule has 0 amide bonds. The molecule has 0 bridgehead atoms. The van der Waals surface area contributed by atoms with Gasteiger partial charge in [0, 0.05) is 13.2 Å². The van der Waals surface area contributed by atoms with E-state index in [1.54, 1.807) is 0 Å². The Morgan fingerprint density at radius 1 is 0.917 bits per heavy atom. The minimum Gasteiger partial charge on any atom is -0.379 e. The number of hydrogen-bond acceptors (Lipinski definition) is 2. The molecule has 74 valence electrons. The molecule has 0 saturated heterocycles. The van der Waals surface area contributed by atoms with E-state index >= 15 is 0 Å². The van der Waals surface area contributed by atoms with Crippen molar-refractivity contribution in [2.24, 2.45) is 5.41 Å². The molecule has 0 N–H and O–H groups in total. The Hall–Kier alpha value is -0.0800. The van der Waals surface area contributed by atoms with Gasteiger partial charge in [-0.2, -0.15) is 0 Å². The smallest absolute Gasteiger partial charge is 0.0700 e. The molecule has 0 rings (SSSR count). The van der Waals surface area contributed by atoms with Crippen LogP contribution < -0.4 is 0 Å². The third-order valence-electron chi connectivity index (χ3n) is 1.57. The molecule has 12 heavy (non-hydrogen) atoms. The van der Waals surface area contributed by atoms with Gasteiger partial charge in [0.1, 0.15) is 0 Å². The number of ether oxygens (including phenoxy) is 2. The first kappa shape index (κ1) is 11.9.